The number of carbonyl (C=O) groups excluding carboxylic acids is 1. The number of hydrogen-bond donors (Lipinski definition) is 0. The van der Waals surface area contributed by atoms with Crippen LogP contribution in [0.15, 0.2) is 53.3 Å². The Labute approximate surface area is 144 Å². The summed E-state index contributed by atoms with van der Waals surface area (Å²) in [5, 5.41) is 1.67. The Balaban J connectivity index is 2.58. The van der Waals surface area contributed by atoms with Gasteiger partial charge in [-0.05, 0) is 36.1 Å². The van der Waals surface area contributed by atoms with Crippen molar-refractivity contribution in [3.63, 3.8) is 0 Å². The van der Waals surface area contributed by atoms with Crippen molar-refractivity contribution in [2.24, 2.45) is 0 Å². The van der Waals surface area contributed by atoms with Crippen LogP contribution in [0.25, 0.3) is 21.9 Å². The van der Waals surface area contributed by atoms with E-state index in [9.17, 15) is 9.59 Å². The van der Waals surface area contributed by atoms with Crippen LogP contribution in [0, 0.1) is 0 Å². The van der Waals surface area contributed by atoms with Crippen LogP contribution >= 0.6 is 11.6 Å². The topological polar surface area (TPSA) is 48.3 Å². The average molecular weight is 342 g/mol. The molecule has 0 aliphatic rings. The Kier molecular flexibility index (Phi) is 4.40. The summed E-state index contributed by atoms with van der Waals surface area (Å²) in [7, 11) is 1.31. The van der Waals surface area contributed by atoms with E-state index in [-0.39, 0.29) is 11.3 Å². The molecule has 5 heteroatoms. The van der Waals surface area contributed by atoms with Gasteiger partial charge in [0, 0.05) is 22.5 Å². The van der Waals surface area contributed by atoms with E-state index in [4.69, 9.17) is 16.3 Å². The number of fused-ring (bicyclic) bond motifs is 1. The molecule has 0 N–H and O–H groups in total. The summed E-state index contributed by atoms with van der Waals surface area (Å²) >= 11 is 6.14. The number of aromatic nitrogens is 1. The Morgan fingerprint density at radius 2 is 1.83 bits per heavy atom. The van der Waals surface area contributed by atoms with E-state index in [0.29, 0.717) is 27.9 Å². The second kappa shape index (κ2) is 6.49. The monoisotopic (exact) mass is 341 g/mol. The maximum absolute atomic E-state index is 12.8. The minimum atomic E-state index is -0.547. The number of hydrogen-bond acceptors (Lipinski definition) is 3. The molecule has 0 aliphatic carbocycles. The van der Waals surface area contributed by atoms with E-state index in [1.54, 1.807) is 18.2 Å². The molecule has 1 heterocycles. The predicted octanol–water partition coefficient (Wildman–Crippen LogP) is 4.13. The van der Waals surface area contributed by atoms with Crippen molar-refractivity contribution >= 4 is 28.3 Å². The summed E-state index contributed by atoms with van der Waals surface area (Å²) in [6.45, 7) is 2.19. The molecule has 24 heavy (non-hydrogen) atoms. The number of rotatable bonds is 3. The smallest absolute Gasteiger partial charge is 0.355 e. The lowest BCUT2D eigenvalue weighted by Gasteiger charge is -2.17. The van der Waals surface area contributed by atoms with Gasteiger partial charge in [-0.15, -0.1) is 0 Å². The van der Waals surface area contributed by atoms with Gasteiger partial charge in [0.2, 0.25) is 0 Å². The number of pyridine rings is 1. The van der Waals surface area contributed by atoms with Gasteiger partial charge in [0.15, 0.2) is 0 Å². The van der Waals surface area contributed by atoms with Gasteiger partial charge in [-0.1, -0.05) is 41.9 Å². The molecule has 0 bridgehead atoms. The summed E-state index contributed by atoms with van der Waals surface area (Å²) < 4.78 is 6.39. The Morgan fingerprint density at radius 3 is 2.46 bits per heavy atom. The number of carbonyl (C=O) groups is 1. The quantitative estimate of drug-likeness (QED) is 0.673. The fourth-order valence-electron chi connectivity index (χ4n) is 2.93. The molecule has 4 nitrogen and oxygen atoms in total. The number of nitrogens with zero attached hydrogens (tertiary/aromatic N) is 1. The first-order chi connectivity index (χ1) is 11.6. The van der Waals surface area contributed by atoms with E-state index < -0.39 is 5.97 Å². The number of benzene rings is 2. The largest absolute Gasteiger partial charge is 0.464 e. The fourth-order valence-corrected chi connectivity index (χ4v) is 3.10. The molecule has 0 saturated carbocycles. The lowest BCUT2D eigenvalue weighted by atomic mass is 9.96. The lowest BCUT2D eigenvalue weighted by molar-refractivity contribution is 0.0588. The minimum absolute atomic E-state index is 0.232. The van der Waals surface area contributed by atoms with Crippen molar-refractivity contribution in [2.45, 2.75) is 13.5 Å². The molecule has 0 saturated heterocycles. The zero-order chi connectivity index (χ0) is 17.3. The normalized spacial score (nSPS) is 10.8. The van der Waals surface area contributed by atoms with E-state index in [1.165, 1.54) is 11.7 Å². The van der Waals surface area contributed by atoms with Crippen LogP contribution in [0.4, 0.5) is 0 Å². The molecule has 0 fully saturated rings. The van der Waals surface area contributed by atoms with Crippen LogP contribution in [-0.2, 0) is 11.3 Å². The van der Waals surface area contributed by atoms with E-state index in [0.717, 1.165) is 5.56 Å². The molecule has 3 rings (SSSR count). The molecular weight excluding hydrogens is 326 g/mol. The van der Waals surface area contributed by atoms with Gasteiger partial charge < -0.3 is 9.30 Å². The summed E-state index contributed by atoms with van der Waals surface area (Å²) in [4.78, 5) is 25.3. The van der Waals surface area contributed by atoms with Crippen LogP contribution in [0.5, 0.6) is 0 Å². The van der Waals surface area contributed by atoms with Crippen LogP contribution in [-0.4, -0.2) is 17.6 Å². The Morgan fingerprint density at radius 1 is 1.12 bits per heavy atom. The maximum atomic E-state index is 12.8. The highest BCUT2D eigenvalue weighted by Crippen LogP contribution is 2.32. The zero-order valence-electron chi connectivity index (χ0n) is 13.4. The third kappa shape index (κ3) is 2.59. The summed E-state index contributed by atoms with van der Waals surface area (Å²) in [6.07, 6.45) is 0. The molecule has 122 valence electrons. The van der Waals surface area contributed by atoms with Crippen molar-refractivity contribution in [2.75, 3.05) is 7.11 Å². The minimum Gasteiger partial charge on any atom is -0.464 e. The fraction of sp³-hybridized carbons (Fsp3) is 0.158. The highest BCUT2D eigenvalue weighted by Gasteiger charge is 2.23. The van der Waals surface area contributed by atoms with E-state index >= 15 is 0 Å². The van der Waals surface area contributed by atoms with Crippen molar-refractivity contribution in [3.8, 4) is 11.1 Å². The molecule has 2 aromatic carbocycles. The molecule has 0 amide bonds. The van der Waals surface area contributed by atoms with Gasteiger partial charge in [0.25, 0.3) is 5.56 Å². The molecule has 3 aromatic rings. The summed E-state index contributed by atoms with van der Waals surface area (Å²) in [6, 6.07) is 14.5. The zero-order valence-corrected chi connectivity index (χ0v) is 14.1. The highest BCUT2D eigenvalue weighted by molar-refractivity contribution is 6.31. The molecule has 0 unspecified atom stereocenters. The Bertz CT molecular complexity index is 977. The average Bonchev–Trinajstić information content (AvgIpc) is 2.61. The molecule has 0 atom stereocenters. The second-order valence-electron chi connectivity index (χ2n) is 5.32. The molecule has 0 aliphatic heterocycles. The third-order valence-electron chi connectivity index (χ3n) is 3.99. The summed E-state index contributed by atoms with van der Waals surface area (Å²) in [5.74, 6) is -0.547. The van der Waals surface area contributed by atoms with Crippen molar-refractivity contribution in [3.05, 3.63) is 69.6 Å². The highest BCUT2D eigenvalue weighted by atomic mass is 35.5. The number of methoxy groups -OCH3 is 1. The summed E-state index contributed by atoms with van der Waals surface area (Å²) in [5.41, 5.74) is 1.49. The third-order valence-corrected chi connectivity index (χ3v) is 4.23. The molecular formula is C19H16ClNO3. The van der Waals surface area contributed by atoms with Gasteiger partial charge in [-0.25, -0.2) is 4.79 Å². The van der Waals surface area contributed by atoms with E-state index in [1.807, 2.05) is 37.3 Å². The van der Waals surface area contributed by atoms with Crippen molar-refractivity contribution < 1.29 is 9.53 Å². The van der Waals surface area contributed by atoms with Crippen molar-refractivity contribution in [1.29, 1.82) is 0 Å². The first-order valence-electron chi connectivity index (χ1n) is 7.58. The van der Waals surface area contributed by atoms with Gasteiger partial charge in [-0.2, -0.15) is 0 Å². The number of ether oxygens (including phenoxy) is 1. The number of esters is 1. The van der Waals surface area contributed by atoms with Crippen LogP contribution in [0.1, 0.15) is 17.4 Å². The van der Waals surface area contributed by atoms with E-state index in [2.05, 4.69) is 0 Å². The van der Waals surface area contributed by atoms with Crippen molar-refractivity contribution in [1.82, 2.24) is 4.57 Å². The Hall–Kier alpha value is -2.59. The van der Waals surface area contributed by atoms with Gasteiger partial charge >= 0.3 is 5.97 Å². The maximum Gasteiger partial charge on any atom is 0.355 e. The van der Waals surface area contributed by atoms with Crippen LogP contribution in [0.2, 0.25) is 5.02 Å². The van der Waals surface area contributed by atoms with Crippen LogP contribution < -0.4 is 5.56 Å². The molecule has 0 radical (unpaired) electrons. The second-order valence-corrected chi connectivity index (χ2v) is 5.76. The number of halogens is 1. The first kappa shape index (κ1) is 16.3. The first-order valence-corrected chi connectivity index (χ1v) is 7.96. The lowest BCUT2D eigenvalue weighted by Crippen LogP contribution is -2.27. The standard InChI is InChI=1S/C19H16ClNO3/c1-3-21-17(19(23)24-2)16(12-7-5-4-6-8-12)15-11-13(20)9-10-14(15)18(21)22/h4-11H,3H2,1-2H3. The predicted molar refractivity (Wildman–Crippen MR) is 95.7 cm³/mol. The molecule has 1 aromatic heterocycles. The van der Waals surface area contributed by atoms with Crippen LogP contribution in [0.3, 0.4) is 0 Å². The van der Waals surface area contributed by atoms with Gasteiger partial charge in [-0.3, -0.25) is 4.79 Å². The molecule has 0 spiro atoms. The van der Waals surface area contributed by atoms with Gasteiger partial charge in [0.05, 0.1) is 7.11 Å². The van der Waals surface area contributed by atoms with Gasteiger partial charge in [0.1, 0.15) is 5.69 Å². The SMILES string of the molecule is CCn1c(C(=O)OC)c(-c2ccccc2)c2cc(Cl)ccc2c1=O.